The lowest BCUT2D eigenvalue weighted by molar-refractivity contribution is 0.651. The van der Waals surface area contributed by atoms with Crippen LogP contribution >= 0.6 is 27.3 Å². The van der Waals surface area contributed by atoms with Gasteiger partial charge in [0.1, 0.15) is 11.0 Å². The van der Waals surface area contributed by atoms with Crippen LogP contribution in [0, 0.1) is 0 Å². The van der Waals surface area contributed by atoms with E-state index >= 15 is 0 Å². The second-order valence-electron chi connectivity index (χ2n) is 3.91. The van der Waals surface area contributed by atoms with E-state index in [-0.39, 0.29) is 4.75 Å². The number of halogens is 1. The molecule has 1 rings (SSSR count). The first-order chi connectivity index (χ1) is 6.89. The number of rotatable bonds is 3. The van der Waals surface area contributed by atoms with Gasteiger partial charge in [0.2, 0.25) is 0 Å². The van der Waals surface area contributed by atoms with Crippen molar-refractivity contribution in [3.05, 3.63) is 15.0 Å². The summed E-state index contributed by atoms with van der Waals surface area (Å²) in [5.41, 5.74) is 0. The molecule has 0 aliphatic heterocycles. The average Bonchev–Trinajstić information content (AvgIpc) is 2.49. The Morgan fingerprint density at radius 2 is 2.33 bits per heavy atom. The molecule has 1 unspecified atom stereocenters. The van der Waals surface area contributed by atoms with E-state index in [4.69, 9.17) is 0 Å². The predicted octanol–water partition coefficient (Wildman–Crippen LogP) is 2.98. The van der Waals surface area contributed by atoms with Crippen molar-refractivity contribution in [3.8, 4) is 0 Å². The highest BCUT2D eigenvalue weighted by Gasteiger charge is 2.17. The SMILES string of the molecule is CC(C)(C)S(=O)N=CCc1ncc(Br)s1. The zero-order valence-electron chi connectivity index (χ0n) is 8.86. The van der Waals surface area contributed by atoms with Crippen LogP contribution in [0.4, 0.5) is 0 Å². The van der Waals surface area contributed by atoms with E-state index in [1.165, 1.54) is 0 Å². The zero-order valence-corrected chi connectivity index (χ0v) is 12.1. The van der Waals surface area contributed by atoms with Gasteiger partial charge < -0.3 is 0 Å². The van der Waals surface area contributed by atoms with Crippen molar-refractivity contribution in [3.63, 3.8) is 0 Å². The lowest BCUT2D eigenvalue weighted by Crippen LogP contribution is -2.19. The number of aromatic nitrogens is 1. The van der Waals surface area contributed by atoms with Crippen LogP contribution in [-0.4, -0.2) is 20.2 Å². The molecule has 3 nitrogen and oxygen atoms in total. The second-order valence-corrected chi connectivity index (χ2v) is 8.34. The van der Waals surface area contributed by atoms with Gasteiger partial charge in [0.15, 0.2) is 0 Å². The van der Waals surface area contributed by atoms with Gasteiger partial charge in [0.25, 0.3) is 0 Å². The molecule has 1 aromatic rings. The van der Waals surface area contributed by atoms with Crippen molar-refractivity contribution < 1.29 is 4.21 Å². The third kappa shape index (κ3) is 4.53. The quantitative estimate of drug-likeness (QED) is 0.806. The smallest absolute Gasteiger partial charge is 0.144 e. The van der Waals surface area contributed by atoms with E-state index in [0.717, 1.165) is 8.79 Å². The first kappa shape index (κ1) is 13.0. The zero-order chi connectivity index (χ0) is 11.5. The van der Waals surface area contributed by atoms with Crippen LogP contribution < -0.4 is 0 Å². The maximum absolute atomic E-state index is 11.5. The number of hydrogen-bond acceptors (Lipinski definition) is 3. The van der Waals surface area contributed by atoms with Gasteiger partial charge >= 0.3 is 0 Å². The van der Waals surface area contributed by atoms with Crippen molar-refractivity contribution in [1.82, 2.24) is 4.98 Å². The third-order valence-corrected chi connectivity index (χ3v) is 4.37. The van der Waals surface area contributed by atoms with Crippen LogP contribution in [0.1, 0.15) is 25.8 Å². The molecule has 0 aromatic carbocycles. The molecule has 0 fully saturated rings. The molecule has 0 saturated carbocycles. The molecule has 0 aliphatic carbocycles. The molecule has 0 saturated heterocycles. The van der Waals surface area contributed by atoms with Crippen LogP contribution in [-0.2, 0) is 17.4 Å². The molecule has 1 aromatic heterocycles. The molecular formula is C9H13BrN2OS2. The first-order valence-electron chi connectivity index (χ1n) is 4.44. The molecule has 84 valence electrons. The Hall–Kier alpha value is -0.0700. The topological polar surface area (TPSA) is 42.3 Å². The summed E-state index contributed by atoms with van der Waals surface area (Å²) in [5.74, 6) is 0. The predicted molar refractivity (Wildman–Crippen MR) is 69.9 cm³/mol. The summed E-state index contributed by atoms with van der Waals surface area (Å²) >= 11 is 4.90. The third-order valence-electron chi connectivity index (χ3n) is 1.49. The summed E-state index contributed by atoms with van der Waals surface area (Å²) in [7, 11) is -1.17. The summed E-state index contributed by atoms with van der Waals surface area (Å²) in [4.78, 5) is 4.16. The Bertz CT molecular complexity index is 382. The molecule has 6 heteroatoms. The van der Waals surface area contributed by atoms with Gasteiger partial charge in [-0.1, -0.05) is 0 Å². The number of thiazole rings is 1. The summed E-state index contributed by atoms with van der Waals surface area (Å²) < 4.78 is 16.3. The fourth-order valence-corrected chi connectivity index (χ4v) is 2.51. The van der Waals surface area contributed by atoms with Crippen molar-refractivity contribution in [2.24, 2.45) is 4.40 Å². The normalized spacial score (nSPS) is 14.7. The van der Waals surface area contributed by atoms with Gasteiger partial charge in [-0.2, -0.15) is 4.40 Å². The Morgan fingerprint density at radius 3 is 2.80 bits per heavy atom. The molecule has 0 radical (unpaired) electrons. The van der Waals surface area contributed by atoms with E-state index in [1.54, 1.807) is 23.7 Å². The molecule has 1 atom stereocenters. The Balaban J connectivity index is 2.51. The monoisotopic (exact) mass is 308 g/mol. The van der Waals surface area contributed by atoms with Crippen LogP contribution in [0.2, 0.25) is 0 Å². The van der Waals surface area contributed by atoms with Crippen LogP contribution in [0.15, 0.2) is 14.4 Å². The minimum atomic E-state index is -1.17. The highest BCUT2D eigenvalue weighted by Crippen LogP contribution is 2.19. The van der Waals surface area contributed by atoms with Gasteiger partial charge in [0, 0.05) is 12.6 Å². The summed E-state index contributed by atoms with van der Waals surface area (Å²) in [6.45, 7) is 5.71. The van der Waals surface area contributed by atoms with Gasteiger partial charge in [-0.15, -0.1) is 11.3 Å². The molecule has 0 amide bonds. The minimum Gasteiger partial charge on any atom is -0.248 e. The van der Waals surface area contributed by atoms with Crippen molar-refractivity contribution >= 4 is 44.5 Å². The fraction of sp³-hybridized carbons (Fsp3) is 0.556. The number of hydrogen-bond donors (Lipinski definition) is 0. The van der Waals surface area contributed by atoms with E-state index in [2.05, 4.69) is 25.3 Å². The Morgan fingerprint density at radius 1 is 1.67 bits per heavy atom. The summed E-state index contributed by atoms with van der Waals surface area (Å²) in [6, 6.07) is 0. The van der Waals surface area contributed by atoms with E-state index in [0.29, 0.717) is 6.42 Å². The van der Waals surface area contributed by atoms with Crippen molar-refractivity contribution in [1.29, 1.82) is 0 Å². The molecule has 1 heterocycles. The minimum absolute atomic E-state index is 0.292. The van der Waals surface area contributed by atoms with Gasteiger partial charge in [0.05, 0.1) is 19.7 Å². The largest absolute Gasteiger partial charge is 0.248 e. The Labute approximate surface area is 105 Å². The average molecular weight is 309 g/mol. The highest BCUT2D eigenvalue weighted by molar-refractivity contribution is 9.11. The maximum atomic E-state index is 11.5. The molecule has 15 heavy (non-hydrogen) atoms. The van der Waals surface area contributed by atoms with Gasteiger partial charge in [-0.25, -0.2) is 9.19 Å². The molecule has 0 bridgehead atoms. The Kier molecular flexibility index (Phi) is 4.61. The number of nitrogens with zero attached hydrogens (tertiary/aromatic N) is 2. The van der Waals surface area contributed by atoms with E-state index in [9.17, 15) is 4.21 Å². The standard InChI is InChI=1S/C9H13BrN2OS2/c1-9(2,3)15(13)12-5-4-8-11-6-7(10)14-8/h5-6H,4H2,1-3H3. The van der Waals surface area contributed by atoms with Crippen molar-refractivity contribution in [2.75, 3.05) is 0 Å². The summed E-state index contributed by atoms with van der Waals surface area (Å²) in [6.07, 6.45) is 4.07. The molecule has 0 aliphatic rings. The maximum Gasteiger partial charge on any atom is 0.144 e. The van der Waals surface area contributed by atoms with E-state index in [1.807, 2.05) is 20.8 Å². The molecule has 0 spiro atoms. The fourth-order valence-electron chi connectivity index (χ4n) is 0.724. The lowest BCUT2D eigenvalue weighted by atomic mass is 10.3. The highest BCUT2D eigenvalue weighted by atomic mass is 79.9. The second kappa shape index (κ2) is 5.32. The molecule has 0 N–H and O–H groups in total. The first-order valence-corrected chi connectivity index (χ1v) is 7.16. The van der Waals surface area contributed by atoms with Crippen LogP contribution in [0.25, 0.3) is 0 Å². The molecular weight excluding hydrogens is 296 g/mol. The summed E-state index contributed by atoms with van der Waals surface area (Å²) in [5, 5.41) is 0.969. The lowest BCUT2D eigenvalue weighted by Gasteiger charge is -2.12. The van der Waals surface area contributed by atoms with Crippen LogP contribution in [0.3, 0.4) is 0 Å². The van der Waals surface area contributed by atoms with E-state index < -0.39 is 11.0 Å². The van der Waals surface area contributed by atoms with Crippen molar-refractivity contribution in [2.45, 2.75) is 31.9 Å². The van der Waals surface area contributed by atoms with Gasteiger partial charge in [-0.05, 0) is 36.7 Å². The van der Waals surface area contributed by atoms with Crippen LogP contribution in [0.5, 0.6) is 0 Å². The van der Waals surface area contributed by atoms with Gasteiger partial charge in [-0.3, -0.25) is 0 Å².